The molecular formula is C20H19F4N3O. The van der Waals surface area contributed by atoms with E-state index in [0.717, 1.165) is 18.9 Å². The van der Waals surface area contributed by atoms with Gasteiger partial charge in [0.25, 0.3) is 5.91 Å². The summed E-state index contributed by atoms with van der Waals surface area (Å²) in [4.78, 5) is 18.0. The van der Waals surface area contributed by atoms with E-state index in [0.29, 0.717) is 18.9 Å². The highest BCUT2D eigenvalue weighted by Crippen LogP contribution is 2.40. The molecule has 4 nitrogen and oxygen atoms in total. The molecule has 0 bridgehead atoms. The second-order valence-electron chi connectivity index (χ2n) is 7.34. The maximum absolute atomic E-state index is 13.8. The van der Waals surface area contributed by atoms with Gasteiger partial charge < -0.3 is 10.2 Å². The van der Waals surface area contributed by atoms with Gasteiger partial charge in [0.1, 0.15) is 17.3 Å². The van der Waals surface area contributed by atoms with Gasteiger partial charge in [-0.25, -0.2) is 9.37 Å². The molecular weight excluding hydrogens is 374 g/mol. The highest BCUT2D eigenvalue weighted by Gasteiger charge is 2.44. The second-order valence-corrected chi connectivity index (χ2v) is 7.34. The minimum atomic E-state index is -4.48. The van der Waals surface area contributed by atoms with Gasteiger partial charge in [-0.1, -0.05) is 18.2 Å². The van der Waals surface area contributed by atoms with E-state index in [1.165, 1.54) is 24.3 Å². The maximum atomic E-state index is 13.8. The summed E-state index contributed by atoms with van der Waals surface area (Å²) < 4.78 is 52.6. The summed E-state index contributed by atoms with van der Waals surface area (Å²) in [7, 11) is 0. The van der Waals surface area contributed by atoms with Crippen molar-refractivity contribution in [2.75, 3.05) is 18.0 Å². The molecule has 0 spiro atoms. The average molecular weight is 393 g/mol. The number of rotatable bonds is 3. The number of pyridine rings is 1. The van der Waals surface area contributed by atoms with Gasteiger partial charge in [0, 0.05) is 25.0 Å². The van der Waals surface area contributed by atoms with Gasteiger partial charge in [0.2, 0.25) is 0 Å². The number of fused-ring (bicyclic) bond motifs is 1. The number of halogens is 4. The molecule has 0 unspecified atom stereocenters. The number of anilines is 1. The molecule has 8 heteroatoms. The van der Waals surface area contributed by atoms with Crippen LogP contribution < -0.4 is 10.2 Å². The Balaban J connectivity index is 1.46. The first-order chi connectivity index (χ1) is 13.3. The minimum absolute atomic E-state index is 0.000322. The van der Waals surface area contributed by atoms with Gasteiger partial charge in [-0.05, 0) is 43.0 Å². The Morgan fingerprint density at radius 2 is 1.86 bits per heavy atom. The summed E-state index contributed by atoms with van der Waals surface area (Å²) in [6.07, 6.45) is -2.84. The maximum Gasteiger partial charge on any atom is 0.433 e. The van der Waals surface area contributed by atoms with Crippen molar-refractivity contribution in [2.24, 2.45) is 11.8 Å². The number of carbonyl (C=O) groups excluding carboxylic acids is 1. The summed E-state index contributed by atoms with van der Waals surface area (Å²) in [5.41, 5.74) is -0.910. The lowest BCUT2D eigenvalue weighted by Gasteiger charge is -2.23. The number of hydrogen-bond acceptors (Lipinski definition) is 3. The van der Waals surface area contributed by atoms with Crippen LogP contribution in [0, 0.1) is 17.7 Å². The van der Waals surface area contributed by atoms with E-state index in [2.05, 4.69) is 10.3 Å². The van der Waals surface area contributed by atoms with E-state index in [4.69, 9.17) is 0 Å². The number of nitrogens with one attached hydrogen (secondary N) is 1. The van der Waals surface area contributed by atoms with Crippen LogP contribution in [0.3, 0.4) is 0 Å². The van der Waals surface area contributed by atoms with Gasteiger partial charge in [0.05, 0.1) is 5.56 Å². The van der Waals surface area contributed by atoms with Crippen molar-refractivity contribution in [1.82, 2.24) is 10.3 Å². The van der Waals surface area contributed by atoms with Gasteiger partial charge >= 0.3 is 6.18 Å². The van der Waals surface area contributed by atoms with Crippen LogP contribution in [0.2, 0.25) is 0 Å². The second kappa shape index (κ2) is 7.07. The lowest BCUT2D eigenvalue weighted by Crippen LogP contribution is -2.40. The van der Waals surface area contributed by atoms with Gasteiger partial charge in [-0.2, -0.15) is 13.2 Å². The van der Waals surface area contributed by atoms with E-state index < -0.39 is 23.6 Å². The van der Waals surface area contributed by atoms with Crippen molar-refractivity contribution in [1.29, 1.82) is 0 Å². The highest BCUT2D eigenvalue weighted by molar-refractivity contribution is 5.94. The topological polar surface area (TPSA) is 45.2 Å². The monoisotopic (exact) mass is 393 g/mol. The molecule has 2 aromatic rings. The Labute approximate surface area is 159 Å². The first kappa shape index (κ1) is 18.7. The third-order valence-corrected chi connectivity index (χ3v) is 5.64. The number of nitrogens with zero attached hydrogens (tertiary/aromatic N) is 2. The summed E-state index contributed by atoms with van der Waals surface area (Å²) in [5.74, 6) is -0.368. The minimum Gasteiger partial charge on any atom is -0.356 e. The molecule has 1 aromatic heterocycles. The number of amides is 1. The summed E-state index contributed by atoms with van der Waals surface area (Å²) in [6.45, 7) is 1.12. The quantitative estimate of drug-likeness (QED) is 0.805. The molecule has 2 aliphatic rings. The van der Waals surface area contributed by atoms with Crippen molar-refractivity contribution in [3.8, 4) is 0 Å². The molecule has 1 aliphatic heterocycles. The van der Waals surface area contributed by atoms with Crippen LogP contribution >= 0.6 is 0 Å². The molecule has 1 N–H and O–H groups in total. The third-order valence-electron chi connectivity index (χ3n) is 5.64. The zero-order chi connectivity index (χ0) is 19.9. The number of benzene rings is 1. The fraction of sp³-hybridized carbons (Fsp3) is 0.400. The molecule has 1 saturated heterocycles. The van der Waals surface area contributed by atoms with Crippen LogP contribution in [-0.4, -0.2) is 30.0 Å². The lowest BCUT2D eigenvalue weighted by molar-refractivity contribution is -0.141. The molecule has 4 rings (SSSR count). The number of hydrogen-bond donors (Lipinski definition) is 1. The first-order valence-corrected chi connectivity index (χ1v) is 9.17. The number of aromatic nitrogens is 1. The number of carbonyl (C=O) groups is 1. The van der Waals surface area contributed by atoms with Crippen LogP contribution in [-0.2, 0) is 6.18 Å². The van der Waals surface area contributed by atoms with Crippen LogP contribution in [0.5, 0.6) is 0 Å². The fourth-order valence-corrected chi connectivity index (χ4v) is 4.28. The zero-order valence-electron chi connectivity index (χ0n) is 14.9. The normalized spacial score (nSPS) is 24.3. The Morgan fingerprint density at radius 1 is 1.07 bits per heavy atom. The van der Waals surface area contributed by atoms with Gasteiger partial charge in [0.15, 0.2) is 0 Å². The zero-order valence-corrected chi connectivity index (χ0v) is 14.9. The Morgan fingerprint density at radius 3 is 2.61 bits per heavy atom. The molecule has 1 amide bonds. The predicted octanol–water partition coefficient (Wildman–Crippen LogP) is 3.88. The highest BCUT2D eigenvalue weighted by atomic mass is 19.4. The predicted molar refractivity (Wildman–Crippen MR) is 95.3 cm³/mol. The Bertz CT molecular complexity index is 886. The molecule has 1 aromatic carbocycles. The molecule has 2 fully saturated rings. The summed E-state index contributed by atoms with van der Waals surface area (Å²) in [5, 5.41) is 2.91. The molecule has 0 radical (unpaired) electrons. The molecule has 28 heavy (non-hydrogen) atoms. The molecule has 1 saturated carbocycles. The number of alkyl halides is 3. The Kier molecular flexibility index (Phi) is 4.72. The molecule has 148 valence electrons. The van der Waals surface area contributed by atoms with E-state index in [-0.39, 0.29) is 23.4 Å². The summed E-state index contributed by atoms with van der Waals surface area (Å²) in [6, 6.07) is 9.55. The van der Waals surface area contributed by atoms with Crippen LogP contribution in [0.15, 0.2) is 42.5 Å². The van der Waals surface area contributed by atoms with Crippen molar-refractivity contribution in [2.45, 2.75) is 25.1 Å². The van der Waals surface area contributed by atoms with Crippen molar-refractivity contribution in [3.63, 3.8) is 0 Å². The van der Waals surface area contributed by atoms with Crippen molar-refractivity contribution >= 4 is 11.7 Å². The third kappa shape index (κ3) is 3.55. The standard InChI is InChI=1S/C20H19F4N3O/c21-15-5-2-1-4-13(15)19(28)25-16-9-8-12-10-27(11-14(12)16)18-7-3-6-17(26-18)20(22,23)24/h1-7,12,14,16H,8-11H2,(H,25,28)/t12-,14+,16+/m1/s1. The van der Waals surface area contributed by atoms with Gasteiger partial charge in [-0.15, -0.1) is 0 Å². The summed E-state index contributed by atoms with van der Waals surface area (Å²) >= 11 is 0. The van der Waals surface area contributed by atoms with E-state index in [1.807, 2.05) is 4.90 Å². The van der Waals surface area contributed by atoms with Crippen molar-refractivity contribution < 1.29 is 22.4 Å². The molecule has 1 aliphatic carbocycles. The first-order valence-electron chi connectivity index (χ1n) is 9.17. The molecule has 3 atom stereocenters. The van der Waals surface area contributed by atoms with E-state index in [9.17, 15) is 22.4 Å². The fourth-order valence-electron chi connectivity index (χ4n) is 4.28. The van der Waals surface area contributed by atoms with Crippen LogP contribution in [0.4, 0.5) is 23.4 Å². The Hall–Kier alpha value is -2.64. The smallest absolute Gasteiger partial charge is 0.356 e. The molecule has 2 heterocycles. The SMILES string of the molecule is O=C(N[C@H]1CC[C@@H]2CN(c3cccc(C(F)(F)F)n3)C[C@@H]21)c1ccccc1F. The van der Waals surface area contributed by atoms with Crippen LogP contribution in [0.25, 0.3) is 0 Å². The van der Waals surface area contributed by atoms with E-state index in [1.54, 1.807) is 12.1 Å². The lowest BCUT2D eigenvalue weighted by atomic mass is 9.97. The van der Waals surface area contributed by atoms with Gasteiger partial charge in [-0.3, -0.25) is 4.79 Å². The average Bonchev–Trinajstić information content (AvgIpc) is 3.23. The van der Waals surface area contributed by atoms with Crippen molar-refractivity contribution in [3.05, 3.63) is 59.5 Å². The van der Waals surface area contributed by atoms with E-state index >= 15 is 0 Å². The van der Waals surface area contributed by atoms with Crippen LogP contribution in [0.1, 0.15) is 28.9 Å². The largest absolute Gasteiger partial charge is 0.433 e.